The van der Waals surface area contributed by atoms with Crippen molar-refractivity contribution >= 4 is 22.2 Å². The van der Waals surface area contributed by atoms with E-state index in [9.17, 15) is 13.6 Å². The first-order chi connectivity index (χ1) is 13.5. The zero-order valence-corrected chi connectivity index (χ0v) is 15.8. The van der Waals surface area contributed by atoms with Gasteiger partial charge in [0, 0.05) is 34.5 Å². The lowest BCUT2D eigenvalue weighted by atomic mass is 10.1. The molecule has 0 radical (unpaired) electrons. The monoisotopic (exact) mass is 397 g/mol. The molecule has 4 aromatic rings. The predicted octanol–water partition coefficient (Wildman–Crippen LogP) is 4.76. The molecule has 0 unspecified atom stereocenters. The summed E-state index contributed by atoms with van der Waals surface area (Å²) in [5.74, 6) is -1.56. The maximum atomic E-state index is 13.9. The molecule has 2 aromatic carbocycles. The second-order valence-corrected chi connectivity index (χ2v) is 7.34. The molecule has 1 amide bonds. The van der Waals surface area contributed by atoms with E-state index in [1.54, 1.807) is 6.92 Å². The fraction of sp³-hybridized carbons (Fsp3) is 0.143. The Kier molecular flexibility index (Phi) is 4.92. The van der Waals surface area contributed by atoms with Gasteiger partial charge in [-0.15, -0.1) is 11.3 Å². The second-order valence-electron chi connectivity index (χ2n) is 6.50. The van der Waals surface area contributed by atoms with Crippen molar-refractivity contribution in [3.05, 3.63) is 83.0 Å². The highest BCUT2D eigenvalue weighted by Crippen LogP contribution is 2.24. The van der Waals surface area contributed by atoms with Crippen LogP contribution in [0.1, 0.15) is 24.2 Å². The van der Waals surface area contributed by atoms with Gasteiger partial charge in [0.25, 0.3) is 0 Å². The van der Waals surface area contributed by atoms with Crippen molar-refractivity contribution in [2.24, 2.45) is 0 Å². The second kappa shape index (κ2) is 7.52. The van der Waals surface area contributed by atoms with Crippen molar-refractivity contribution in [2.75, 3.05) is 0 Å². The quantitative estimate of drug-likeness (QED) is 0.528. The van der Waals surface area contributed by atoms with E-state index in [0.29, 0.717) is 0 Å². The minimum atomic E-state index is -0.673. The lowest BCUT2D eigenvalue weighted by molar-refractivity contribution is -0.121. The van der Waals surface area contributed by atoms with Crippen molar-refractivity contribution in [2.45, 2.75) is 19.4 Å². The number of imidazole rings is 1. The normalized spacial score (nSPS) is 12.2. The number of nitrogens with one attached hydrogen (secondary N) is 1. The number of amides is 1. The van der Waals surface area contributed by atoms with Crippen LogP contribution in [0.4, 0.5) is 8.78 Å². The summed E-state index contributed by atoms with van der Waals surface area (Å²) in [6.07, 6.45) is 2.05. The topological polar surface area (TPSA) is 46.4 Å². The fourth-order valence-corrected chi connectivity index (χ4v) is 3.96. The van der Waals surface area contributed by atoms with Gasteiger partial charge in [0.05, 0.1) is 18.2 Å². The van der Waals surface area contributed by atoms with Crippen LogP contribution in [0.3, 0.4) is 0 Å². The van der Waals surface area contributed by atoms with E-state index in [2.05, 4.69) is 10.3 Å². The third-order valence-electron chi connectivity index (χ3n) is 4.50. The molecule has 0 aliphatic carbocycles. The van der Waals surface area contributed by atoms with Crippen LogP contribution in [-0.4, -0.2) is 15.3 Å². The number of rotatable bonds is 5. The molecular weight excluding hydrogens is 380 g/mol. The van der Waals surface area contributed by atoms with E-state index < -0.39 is 17.7 Å². The van der Waals surface area contributed by atoms with E-state index in [-0.39, 0.29) is 17.9 Å². The molecule has 1 atom stereocenters. The SMILES string of the molecule is C[C@@H](NC(=O)Cc1csc2nc(-c3ccccc3)cn12)c1ccc(F)cc1F. The molecule has 0 saturated carbocycles. The molecule has 142 valence electrons. The van der Waals surface area contributed by atoms with Crippen LogP contribution in [0.25, 0.3) is 16.2 Å². The van der Waals surface area contributed by atoms with E-state index >= 15 is 0 Å². The van der Waals surface area contributed by atoms with E-state index in [1.165, 1.54) is 23.5 Å². The number of carbonyl (C=O) groups is 1. The van der Waals surface area contributed by atoms with Crippen LogP contribution in [0.15, 0.2) is 60.1 Å². The summed E-state index contributed by atoms with van der Waals surface area (Å²) in [5, 5.41) is 4.66. The minimum Gasteiger partial charge on any atom is -0.349 e. The van der Waals surface area contributed by atoms with Crippen LogP contribution in [-0.2, 0) is 11.2 Å². The molecule has 2 aromatic heterocycles. The van der Waals surface area contributed by atoms with Crippen LogP contribution in [0.5, 0.6) is 0 Å². The molecule has 0 fully saturated rings. The van der Waals surface area contributed by atoms with Crippen molar-refractivity contribution in [1.82, 2.24) is 14.7 Å². The number of aromatic nitrogens is 2. The molecule has 0 saturated heterocycles. The largest absolute Gasteiger partial charge is 0.349 e. The highest BCUT2D eigenvalue weighted by Gasteiger charge is 2.17. The van der Waals surface area contributed by atoms with Crippen molar-refractivity contribution < 1.29 is 13.6 Å². The summed E-state index contributed by atoms with van der Waals surface area (Å²) < 4.78 is 28.9. The van der Waals surface area contributed by atoms with Crippen LogP contribution < -0.4 is 5.32 Å². The van der Waals surface area contributed by atoms with Gasteiger partial charge in [0.1, 0.15) is 11.6 Å². The molecule has 0 aliphatic rings. The average Bonchev–Trinajstić information content (AvgIpc) is 3.24. The van der Waals surface area contributed by atoms with Crippen LogP contribution in [0.2, 0.25) is 0 Å². The summed E-state index contributed by atoms with van der Waals surface area (Å²) in [4.78, 5) is 17.9. The summed E-state index contributed by atoms with van der Waals surface area (Å²) in [7, 11) is 0. The van der Waals surface area contributed by atoms with Gasteiger partial charge in [-0.25, -0.2) is 13.8 Å². The number of hydrogen-bond acceptors (Lipinski definition) is 3. The van der Waals surface area contributed by atoms with Gasteiger partial charge in [-0.2, -0.15) is 0 Å². The number of halogens is 2. The number of fused-ring (bicyclic) bond motifs is 1. The van der Waals surface area contributed by atoms with Crippen molar-refractivity contribution in [3.63, 3.8) is 0 Å². The summed E-state index contributed by atoms with van der Waals surface area (Å²) in [6, 6.07) is 12.6. The average molecular weight is 397 g/mol. The molecule has 2 heterocycles. The number of nitrogens with zero attached hydrogens (tertiary/aromatic N) is 2. The van der Waals surface area contributed by atoms with Crippen molar-refractivity contribution in [3.8, 4) is 11.3 Å². The van der Waals surface area contributed by atoms with Gasteiger partial charge < -0.3 is 5.32 Å². The van der Waals surface area contributed by atoms with E-state index in [0.717, 1.165) is 28.0 Å². The summed E-state index contributed by atoms with van der Waals surface area (Å²) in [5.41, 5.74) is 2.91. The fourth-order valence-electron chi connectivity index (χ4n) is 3.09. The molecule has 1 N–H and O–H groups in total. The maximum Gasteiger partial charge on any atom is 0.226 e. The van der Waals surface area contributed by atoms with Crippen LogP contribution in [0, 0.1) is 11.6 Å². The van der Waals surface area contributed by atoms with Crippen molar-refractivity contribution in [1.29, 1.82) is 0 Å². The Labute approximate surface area is 164 Å². The van der Waals surface area contributed by atoms with E-state index in [1.807, 2.05) is 46.3 Å². The minimum absolute atomic E-state index is 0.137. The molecule has 0 bridgehead atoms. The highest BCUT2D eigenvalue weighted by atomic mass is 32.1. The zero-order valence-electron chi connectivity index (χ0n) is 15.0. The molecule has 7 heteroatoms. The number of thiazole rings is 1. The van der Waals surface area contributed by atoms with E-state index in [4.69, 9.17) is 0 Å². The molecule has 4 nitrogen and oxygen atoms in total. The highest BCUT2D eigenvalue weighted by molar-refractivity contribution is 7.15. The summed E-state index contributed by atoms with van der Waals surface area (Å²) >= 11 is 1.46. The first kappa shape index (κ1) is 18.3. The molecule has 28 heavy (non-hydrogen) atoms. The lowest BCUT2D eigenvalue weighted by Gasteiger charge is -2.15. The maximum absolute atomic E-state index is 13.9. The Hall–Kier alpha value is -3.06. The molecular formula is C21H17F2N3OS. The Balaban J connectivity index is 1.50. The van der Waals surface area contributed by atoms with Gasteiger partial charge in [-0.05, 0) is 13.0 Å². The number of carbonyl (C=O) groups excluding carboxylic acids is 1. The van der Waals surface area contributed by atoms with Gasteiger partial charge >= 0.3 is 0 Å². The lowest BCUT2D eigenvalue weighted by Crippen LogP contribution is -2.29. The van der Waals surface area contributed by atoms with Gasteiger partial charge in [-0.1, -0.05) is 36.4 Å². The Bertz CT molecular complexity index is 1140. The number of benzene rings is 2. The van der Waals surface area contributed by atoms with Gasteiger partial charge in [0.15, 0.2) is 4.96 Å². The first-order valence-corrected chi connectivity index (χ1v) is 9.64. The predicted molar refractivity (Wildman–Crippen MR) is 105 cm³/mol. The first-order valence-electron chi connectivity index (χ1n) is 8.76. The third kappa shape index (κ3) is 3.66. The Morgan fingerprint density at radius 1 is 1.21 bits per heavy atom. The third-order valence-corrected chi connectivity index (χ3v) is 5.39. The molecule has 0 aliphatic heterocycles. The van der Waals surface area contributed by atoms with Gasteiger partial charge in [-0.3, -0.25) is 9.20 Å². The number of hydrogen-bond donors (Lipinski definition) is 1. The molecule has 0 spiro atoms. The summed E-state index contributed by atoms with van der Waals surface area (Å²) in [6.45, 7) is 1.67. The molecule has 4 rings (SSSR count). The zero-order chi connectivity index (χ0) is 19.7. The Morgan fingerprint density at radius 2 is 2.00 bits per heavy atom. The standard InChI is InChI=1S/C21H17F2N3OS/c1-13(17-8-7-15(22)9-18(17)23)24-20(27)10-16-12-28-21-25-19(11-26(16)21)14-5-3-2-4-6-14/h2-9,11-13H,10H2,1H3,(H,24,27)/t13-/m1/s1. The van der Waals surface area contributed by atoms with Gasteiger partial charge in [0.2, 0.25) is 5.91 Å². The van der Waals surface area contributed by atoms with Crippen LogP contribution >= 0.6 is 11.3 Å². The Morgan fingerprint density at radius 3 is 2.75 bits per heavy atom. The smallest absolute Gasteiger partial charge is 0.226 e.